The molecule has 1 N–H and O–H groups in total. The van der Waals surface area contributed by atoms with Gasteiger partial charge in [-0.05, 0) is 42.7 Å². The van der Waals surface area contributed by atoms with Gasteiger partial charge in [-0.25, -0.2) is 13.1 Å². The number of nitrogens with one attached hydrogen (secondary N) is 1. The summed E-state index contributed by atoms with van der Waals surface area (Å²) in [5.41, 5.74) is 2.76. The van der Waals surface area contributed by atoms with Crippen molar-refractivity contribution in [2.24, 2.45) is 0 Å². The molecular weight excluding hydrogens is 376 g/mol. The maximum absolute atomic E-state index is 12.7. The highest BCUT2D eigenvalue weighted by Gasteiger charge is 2.22. The van der Waals surface area contributed by atoms with Crippen molar-refractivity contribution in [2.45, 2.75) is 24.8 Å². The van der Waals surface area contributed by atoms with Gasteiger partial charge in [-0.3, -0.25) is 4.90 Å². The molecule has 0 spiro atoms. The van der Waals surface area contributed by atoms with Gasteiger partial charge in [0.25, 0.3) is 0 Å². The van der Waals surface area contributed by atoms with Gasteiger partial charge in [0.15, 0.2) is 0 Å². The Morgan fingerprint density at radius 1 is 1.18 bits per heavy atom. The van der Waals surface area contributed by atoms with Crippen LogP contribution in [0.2, 0.25) is 0 Å². The molecule has 7 heteroatoms. The number of aryl methyl sites for hydroxylation is 2. The lowest BCUT2D eigenvalue weighted by Crippen LogP contribution is -2.42. The maximum Gasteiger partial charge on any atom is 0.240 e. The summed E-state index contributed by atoms with van der Waals surface area (Å²) >= 11 is 0. The average molecular weight is 405 g/mol. The van der Waals surface area contributed by atoms with E-state index in [9.17, 15) is 8.42 Å². The van der Waals surface area contributed by atoms with E-state index in [4.69, 9.17) is 9.47 Å². The van der Waals surface area contributed by atoms with Crippen molar-refractivity contribution in [1.29, 1.82) is 0 Å². The van der Waals surface area contributed by atoms with E-state index in [1.165, 1.54) is 0 Å². The SMILES string of the molecule is COc1c(C)cc(S(=O)(=O)NCCN2CCOC(c3ccccc3)C2)cc1C. The highest BCUT2D eigenvalue weighted by Crippen LogP contribution is 2.26. The molecule has 1 unspecified atom stereocenters. The molecule has 1 fully saturated rings. The monoisotopic (exact) mass is 404 g/mol. The van der Waals surface area contributed by atoms with Crippen LogP contribution in [0.1, 0.15) is 22.8 Å². The number of rotatable bonds is 7. The lowest BCUT2D eigenvalue weighted by atomic mass is 10.1. The molecule has 0 bridgehead atoms. The molecule has 0 aliphatic carbocycles. The number of nitrogens with zero attached hydrogens (tertiary/aromatic N) is 1. The van der Waals surface area contributed by atoms with E-state index in [0.717, 1.165) is 35.5 Å². The van der Waals surface area contributed by atoms with Gasteiger partial charge in [-0.1, -0.05) is 30.3 Å². The van der Waals surface area contributed by atoms with Crippen LogP contribution in [0.3, 0.4) is 0 Å². The van der Waals surface area contributed by atoms with Crippen molar-refractivity contribution in [3.63, 3.8) is 0 Å². The molecule has 2 aromatic rings. The fourth-order valence-electron chi connectivity index (χ4n) is 3.58. The zero-order valence-corrected chi connectivity index (χ0v) is 17.5. The van der Waals surface area contributed by atoms with Gasteiger partial charge in [-0.15, -0.1) is 0 Å². The van der Waals surface area contributed by atoms with E-state index in [0.29, 0.717) is 19.7 Å². The Hall–Kier alpha value is -1.93. The quantitative estimate of drug-likeness (QED) is 0.768. The Morgan fingerprint density at radius 3 is 2.50 bits per heavy atom. The summed E-state index contributed by atoms with van der Waals surface area (Å²) in [5, 5.41) is 0. The van der Waals surface area contributed by atoms with Crippen molar-refractivity contribution in [1.82, 2.24) is 9.62 Å². The number of hydrogen-bond acceptors (Lipinski definition) is 5. The van der Waals surface area contributed by atoms with Crippen LogP contribution in [-0.2, 0) is 14.8 Å². The molecule has 0 aromatic heterocycles. The fourth-order valence-corrected chi connectivity index (χ4v) is 4.77. The predicted molar refractivity (Wildman–Crippen MR) is 109 cm³/mol. The van der Waals surface area contributed by atoms with Crippen LogP contribution in [0.15, 0.2) is 47.4 Å². The normalized spacial score (nSPS) is 18.2. The minimum Gasteiger partial charge on any atom is -0.496 e. The molecule has 6 nitrogen and oxygen atoms in total. The number of morpholine rings is 1. The number of sulfonamides is 1. The van der Waals surface area contributed by atoms with E-state index >= 15 is 0 Å². The summed E-state index contributed by atoms with van der Waals surface area (Å²) in [6, 6.07) is 13.4. The second-order valence-corrected chi connectivity index (χ2v) is 8.83. The predicted octanol–water partition coefficient (Wildman–Crippen LogP) is 2.66. The summed E-state index contributed by atoms with van der Waals surface area (Å²) in [7, 11) is -1.97. The number of methoxy groups -OCH3 is 1. The molecule has 1 aliphatic heterocycles. The van der Waals surface area contributed by atoms with Crippen LogP contribution < -0.4 is 9.46 Å². The first-order chi connectivity index (χ1) is 13.4. The minimum absolute atomic E-state index is 0.0263. The van der Waals surface area contributed by atoms with Crippen LogP contribution in [0.25, 0.3) is 0 Å². The van der Waals surface area contributed by atoms with Gasteiger partial charge in [0, 0.05) is 26.2 Å². The molecule has 0 radical (unpaired) electrons. The first-order valence-electron chi connectivity index (χ1n) is 9.44. The van der Waals surface area contributed by atoms with Gasteiger partial charge in [0.1, 0.15) is 5.75 Å². The van der Waals surface area contributed by atoms with Crippen molar-refractivity contribution in [3.05, 3.63) is 59.2 Å². The van der Waals surface area contributed by atoms with E-state index in [1.807, 2.05) is 32.0 Å². The van der Waals surface area contributed by atoms with E-state index in [-0.39, 0.29) is 11.0 Å². The Labute approximate surface area is 167 Å². The van der Waals surface area contributed by atoms with Gasteiger partial charge in [0.05, 0.1) is 24.7 Å². The van der Waals surface area contributed by atoms with E-state index in [1.54, 1.807) is 19.2 Å². The third-order valence-corrected chi connectivity index (χ3v) is 6.43. The van der Waals surface area contributed by atoms with Crippen LogP contribution >= 0.6 is 0 Å². The third-order valence-electron chi connectivity index (χ3n) is 4.99. The fraction of sp³-hybridized carbons (Fsp3) is 0.429. The van der Waals surface area contributed by atoms with Gasteiger partial charge in [0.2, 0.25) is 10.0 Å². The minimum atomic E-state index is -3.56. The van der Waals surface area contributed by atoms with Crippen LogP contribution in [-0.4, -0.2) is 53.2 Å². The van der Waals surface area contributed by atoms with Crippen molar-refractivity contribution < 1.29 is 17.9 Å². The average Bonchev–Trinajstić information content (AvgIpc) is 2.68. The molecule has 1 atom stereocenters. The standard InChI is InChI=1S/C21H28N2O4S/c1-16-13-19(14-17(2)21(16)26-3)28(24,25)22-9-10-23-11-12-27-20(15-23)18-7-5-4-6-8-18/h4-8,13-14,20,22H,9-12,15H2,1-3H3. The molecule has 0 amide bonds. The Kier molecular flexibility index (Phi) is 6.72. The summed E-state index contributed by atoms with van der Waals surface area (Å²) in [6.07, 6.45) is 0.0263. The summed E-state index contributed by atoms with van der Waals surface area (Å²) in [6.45, 7) is 6.89. The molecule has 3 rings (SSSR count). The second-order valence-electron chi connectivity index (χ2n) is 7.06. The highest BCUT2D eigenvalue weighted by molar-refractivity contribution is 7.89. The van der Waals surface area contributed by atoms with Crippen LogP contribution in [0.4, 0.5) is 0 Å². The molecule has 28 heavy (non-hydrogen) atoms. The largest absolute Gasteiger partial charge is 0.496 e. The summed E-state index contributed by atoms with van der Waals surface area (Å²) in [4.78, 5) is 2.50. The number of hydrogen-bond donors (Lipinski definition) is 1. The Balaban J connectivity index is 1.58. The van der Waals surface area contributed by atoms with Crippen LogP contribution in [0.5, 0.6) is 5.75 Å². The van der Waals surface area contributed by atoms with Crippen molar-refractivity contribution in [3.8, 4) is 5.75 Å². The molecule has 1 heterocycles. The first kappa shape index (κ1) is 20.8. The third kappa shape index (κ3) is 4.91. The zero-order chi connectivity index (χ0) is 20.1. The molecular formula is C21H28N2O4S. The van der Waals surface area contributed by atoms with Crippen molar-refractivity contribution >= 4 is 10.0 Å². The molecule has 2 aromatic carbocycles. The van der Waals surface area contributed by atoms with Gasteiger partial charge in [-0.2, -0.15) is 0 Å². The lowest BCUT2D eigenvalue weighted by molar-refractivity contribution is -0.0291. The van der Waals surface area contributed by atoms with Crippen molar-refractivity contribution in [2.75, 3.05) is 39.9 Å². The Bertz CT molecular complexity index is 877. The smallest absolute Gasteiger partial charge is 0.240 e. The first-order valence-corrected chi connectivity index (χ1v) is 10.9. The number of ether oxygens (including phenoxy) is 2. The molecule has 152 valence electrons. The molecule has 0 saturated carbocycles. The summed E-state index contributed by atoms with van der Waals surface area (Å²) < 4.78 is 39.2. The van der Waals surface area contributed by atoms with Gasteiger partial charge >= 0.3 is 0 Å². The van der Waals surface area contributed by atoms with Gasteiger partial charge < -0.3 is 9.47 Å². The summed E-state index contributed by atoms with van der Waals surface area (Å²) in [5.74, 6) is 0.722. The van der Waals surface area contributed by atoms with E-state index < -0.39 is 10.0 Å². The Morgan fingerprint density at radius 2 is 1.86 bits per heavy atom. The van der Waals surface area contributed by atoms with Crippen LogP contribution in [0, 0.1) is 13.8 Å². The lowest BCUT2D eigenvalue weighted by Gasteiger charge is -2.33. The molecule has 1 saturated heterocycles. The maximum atomic E-state index is 12.7. The topological polar surface area (TPSA) is 67.9 Å². The number of benzene rings is 2. The second kappa shape index (κ2) is 9.05. The zero-order valence-electron chi connectivity index (χ0n) is 16.6. The molecule has 1 aliphatic rings. The highest BCUT2D eigenvalue weighted by atomic mass is 32.2. The van der Waals surface area contributed by atoms with E-state index in [2.05, 4.69) is 21.8 Å².